The van der Waals surface area contributed by atoms with Crippen LogP contribution in [0.2, 0.25) is 5.02 Å². The van der Waals surface area contributed by atoms with E-state index in [2.05, 4.69) is 47.8 Å². The minimum Gasteiger partial charge on any atom is -0.319 e. The summed E-state index contributed by atoms with van der Waals surface area (Å²) in [7, 11) is 1.98. The molecule has 0 amide bonds. The summed E-state index contributed by atoms with van der Waals surface area (Å²) in [4.78, 5) is 3.86. The third kappa shape index (κ3) is 4.03. The minimum atomic E-state index is 0. The Balaban J connectivity index is 0.00000176. The molecule has 0 aromatic heterocycles. The fourth-order valence-electron chi connectivity index (χ4n) is 2.20. The number of rotatable bonds is 4. The summed E-state index contributed by atoms with van der Waals surface area (Å²) < 4.78 is 0. The summed E-state index contributed by atoms with van der Waals surface area (Å²) in [5.74, 6) is 1.04. The van der Waals surface area contributed by atoms with Gasteiger partial charge in [0.15, 0.2) is 0 Å². The van der Waals surface area contributed by atoms with Crippen LogP contribution in [0, 0.1) is 0 Å². The molecule has 5 heteroatoms. The number of benzene rings is 2. The fourth-order valence-corrected chi connectivity index (χ4v) is 4.54. The molecule has 3 rings (SSSR count). The van der Waals surface area contributed by atoms with Gasteiger partial charge in [-0.3, -0.25) is 0 Å². The quantitative estimate of drug-likeness (QED) is 0.696. The monoisotopic (exact) mass is 369 g/mol. The zero-order valence-corrected chi connectivity index (χ0v) is 15.3. The van der Waals surface area contributed by atoms with E-state index in [1.165, 1.54) is 25.8 Å². The molecule has 0 unspecified atom stereocenters. The van der Waals surface area contributed by atoms with Crippen molar-refractivity contribution in [2.75, 3.05) is 19.3 Å². The molecule has 0 saturated heterocycles. The van der Waals surface area contributed by atoms with Crippen molar-refractivity contribution >= 4 is 58.5 Å². The van der Waals surface area contributed by atoms with Gasteiger partial charge < -0.3 is 5.32 Å². The van der Waals surface area contributed by atoms with Crippen LogP contribution in [-0.4, -0.2) is 19.3 Å². The number of hydrogen-bond acceptors (Lipinski definition) is 3. The van der Waals surface area contributed by atoms with Crippen molar-refractivity contribution in [2.45, 2.75) is 9.79 Å². The first-order valence-electron chi connectivity index (χ1n) is 6.84. The van der Waals surface area contributed by atoms with E-state index in [1.807, 2.05) is 36.6 Å². The third-order valence-electron chi connectivity index (χ3n) is 3.24. The third-order valence-corrected chi connectivity index (χ3v) is 5.70. The average molecular weight is 370 g/mol. The molecule has 2 aromatic rings. The molecule has 22 heavy (non-hydrogen) atoms. The molecule has 0 bridgehead atoms. The van der Waals surface area contributed by atoms with Crippen LogP contribution in [0.25, 0.3) is 11.0 Å². The fraction of sp³-hybridized carbons (Fsp3) is 0.176. The number of fused-ring (bicyclic) bond motifs is 2. The highest BCUT2D eigenvalue weighted by Crippen LogP contribution is 2.44. The van der Waals surface area contributed by atoms with E-state index in [-0.39, 0.29) is 12.4 Å². The Bertz CT molecular complexity index is 686. The van der Waals surface area contributed by atoms with Crippen LogP contribution in [0.5, 0.6) is 0 Å². The van der Waals surface area contributed by atoms with Gasteiger partial charge in [0.2, 0.25) is 0 Å². The summed E-state index contributed by atoms with van der Waals surface area (Å²) in [5.41, 5.74) is 2.52. The van der Waals surface area contributed by atoms with Crippen molar-refractivity contribution < 1.29 is 0 Å². The van der Waals surface area contributed by atoms with Gasteiger partial charge in [-0.05, 0) is 43.0 Å². The molecular weight excluding hydrogens is 353 g/mol. The van der Waals surface area contributed by atoms with Gasteiger partial charge in [-0.25, -0.2) is 0 Å². The Hall–Kier alpha value is -0.580. The van der Waals surface area contributed by atoms with Gasteiger partial charge in [-0.2, -0.15) is 0 Å². The van der Waals surface area contributed by atoms with Gasteiger partial charge in [0.05, 0.1) is 0 Å². The van der Waals surface area contributed by atoms with Crippen molar-refractivity contribution in [1.82, 2.24) is 5.32 Å². The lowest BCUT2D eigenvalue weighted by atomic mass is 10.1. The van der Waals surface area contributed by atoms with Gasteiger partial charge in [0, 0.05) is 37.6 Å². The Morgan fingerprint density at radius 1 is 1.14 bits per heavy atom. The SMILES string of the molecule is CNCCSC1=Cc2ccccc2Sc2ccc(Cl)cc21.Cl. The molecule has 116 valence electrons. The number of thioether (sulfide) groups is 1. The maximum Gasteiger partial charge on any atom is 0.0413 e. The van der Waals surface area contributed by atoms with Crippen LogP contribution < -0.4 is 5.32 Å². The van der Waals surface area contributed by atoms with Gasteiger partial charge in [0.1, 0.15) is 0 Å². The number of hydrogen-bond donors (Lipinski definition) is 1. The van der Waals surface area contributed by atoms with E-state index in [4.69, 9.17) is 11.6 Å². The molecule has 1 aliphatic heterocycles. The topological polar surface area (TPSA) is 12.0 Å². The van der Waals surface area contributed by atoms with Crippen molar-refractivity contribution in [3.05, 3.63) is 58.6 Å². The standard InChI is InChI=1S/C17H16ClNS2.ClH/c1-19-8-9-20-17-10-12-4-2-3-5-15(12)21-16-7-6-13(18)11-14(16)17;/h2-7,10-11,19H,8-9H2,1H3;1H. The molecular formula is C17H17Cl2NS2. The average Bonchev–Trinajstić information content (AvgIpc) is 2.64. The highest BCUT2D eigenvalue weighted by molar-refractivity contribution is 8.08. The predicted octanol–water partition coefficient (Wildman–Crippen LogP) is 5.68. The molecule has 0 saturated carbocycles. The second kappa shape index (κ2) is 8.32. The molecule has 1 N–H and O–H groups in total. The van der Waals surface area contributed by atoms with Gasteiger partial charge >= 0.3 is 0 Å². The second-order valence-corrected chi connectivity index (χ2v) is 7.40. The summed E-state index contributed by atoms with van der Waals surface area (Å²) in [6, 6.07) is 14.7. The maximum atomic E-state index is 6.21. The minimum absolute atomic E-state index is 0. The first-order valence-corrected chi connectivity index (χ1v) is 9.02. The zero-order chi connectivity index (χ0) is 14.7. The van der Waals surface area contributed by atoms with Crippen molar-refractivity contribution in [3.63, 3.8) is 0 Å². The van der Waals surface area contributed by atoms with Crippen LogP contribution in [0.15, 0.2) is 52.3 Å². The van der Waals surface area contributed by atoms with Crippen LogP contribution in [0.3, 0.4) is 0 Å². The van der Waals surface area contributed by atoms with Crippen LogP contribution in [-0.2, 0) is 0 Å². The van der Waals surface area contributed by atoms with E-state index >= 15 is 0 Å². The van der Waals surface area contributed by atoms with Gasteiger partial charge in [-0.1, -0.05) is 41.6 Å². The second-order valence-electron chi connectivity index (χ2n) is 4.74. The van der Waals surface area contributed by atoms with Crippen LogP contribution in [0.4, 0.5) is 0 Å². The molecule has 0 atom stereocenters. The first-order chi connectivity index (χ1) is 10.3. The van der Waals surface area contributed by atoms with Crippen LogP contribution in [0.1, 0.15) is 11.1 Å². The molecule has 1 heterocycles. The predicted molar refractivity (Wildman–Crippen MR) is 104 cm³/mol. The van der Waals surface area contributed by atoms with E-state index in [9.17, 15) is 0 Å². The maximum absolute atomic E-state index is 6.21. The first kappa shape index (κ1) is 17.8. The number of halogens is 2. The van der Waals surface area contributed by atoms with Crippen molar-refractivity contribution in [2.24, 2.45) is 0 Å². The summed E-state index contributed by atoms with van der Waals surface area (Å²) >= 11 is 9.90. The molecule has 2 aromatic carbocycles. The lowest BCUT2D eigenvalue weighted by Gasteiger charge is -2.10. The normalized spacial score (nSPS) is 12.5. The van der Waals surface area contributed by atoms with E-state index in [1.54, 1.807) is 0 Å². The summed E-state index contributed by atoms with van der Waals surface area (Å²) in [6.45, 7) is 0.993. The molecule has 0 fully saturated rings. The van der Waals surface area contributed by atoms with Crippen molar-refractivity contribution in [1.29, 1.82) is 0 Å². The smallest absolute Gasteiger partial charge is 0.0413 e. The molecule has 0 aliphatic carbocycles. The Kier molecular flexibility index (Phi) is 6.72. The largest absolute Gasteiger partial charge is 0.319 e. The molecule has 0 spiro atoms. The molecule has 1 aliphatic rings. The summed E-state index contributed by atoms with van der Waals surface area (Å²) in [6.07, 6.45) is 2.28. The van der Waals surface area contributed by atoms with Gasteiger partial charge in [0.25, 0.3) is 0 Å². The summed E-state index contributed by atoms with van der Waals surface area (Å²) in [5, 5.41) is 3.99. The lowest BCUT2D eigenvalue weighted by molar-refractivity contribution is 0.873. The van der Waals surface area contributed by atoms with Gasteiger partial charge in [-0.15, -0.1) is 24.2 Å². The lowest BCUT2D eigenvalue weighted by Crippen LogP contribution is -2.09. The van der Waals surface area contributed by atoms with E-state index in [0.29, 0.717) is 0 Å². The Morgan fingerprint density at radius 2 is 1.95 bits per heavy atom. The van der Waals surface area contributed by atoms with Crippen molar-refractivity contribution in [3.8, 4) is 0 Å². The highest BCUT2D eigenvalue weighted by Gasteiger charge is 2.16. The molecule has 1 nitrogen and oxygen atoms in total. The Morgan fingerprint density at radius 3 is 2.77 bits per heavy atom. The van der Waals surface area contributed by atoms with E-state index in [0.717, 1.165) is 17.3 Å². The Labute approximate surface area is 151 Å². The zero-order valence-electron chi connectivity index (χ0n) is 12.1. The highest BCUT2D eigenvalue weighted by atomic mass is 35.5. The van der Waals surface area contributed by atoms with Crippen LogP contribution >= 0.6 is 47.5 Å². The number of nitrogens with one attached hydrogen (secondary N) is 1. The van der Waals surface area contributed by atoms with E-state index < -0.39 is 0 Å². The molecule has 0 radical (unpaired) electrons.